The molecule has 0 bridgehead atoms. The standard InChI is InChI=1S/C8H2Br2F6O6S2/c9-3-1-4(10)6(22-24(19,20)8(14,15)16)2-5(3)21-23(17,18)7(11,12)13/h1-2H. The van der Waals surface area contributed by atoms with Gasteiger partial charge in [-0.2, -0.15) is 43.2 Å². The Bertz CT molecular complexity index is 778. The van der Waals surface area contributed by atoms with Gasteiger partial charge < -0.3 is 8.37 Å². The number of benzene rings is 1. The van der Waals surface area contributed by atoms with E-state index in [4.69, 9.17) is 0 Å². The molecule has 0 aliphatic carbocycles. The van der Waals surface area contributed by atoms with Gasteiger partial charge in [-0.15, -0.1) is 0 Å². The molecule has 0 aliphatic heterocycles. The lowest BCUT2D eigenvalue weighted by Gasteiger charge is -2.14. The van der Waals surface area contributed by atoms with Gasteiger partial charge in [0, 0.05) is 6.07 Å². The van der Waals surface area contributed by atoms with Gasteiger partial charge in [0.1, 0.15) is 0 Å². The van der Waals surface area contributed by atoms with Gasteiger partial charge in [0.2, 0.25) is 0 Å². The summed E-state index contributed by atoms with van der Waals surface area (Å²) in [6.07, 6.45) is 0. The van der Waals surface area contributed by atoms with Crippen molar-refractivity contribution in [1.29, 1.82) is 0 Å². The third-order valence-corrected chi connectivity index (χ3v) is 5.12. The van der Waals surface area contributed by atoms with Crippen LogP contribution in [0.2, 0.25) is 0 Å². The van der Waals surface area contributed by atoms with Crippen molar-refractivity contribution in [3.8, 4) is 11.5 Å². The number of hydrogen-bond acceptors (Lipinski definition) is 6. The maximum absolute atomic E-state index is 12.2. The molecule has 0 unspecified atom stereocenters. The Balaban J connectivity index is 3.35. The van der Waals surface area contributed by atoms with Crippen LogP contribution in [0.1, 0.15) is 0 Å². The highest BCUT2D eigenvalue weighted by molar-refractivity contribution is 9.11. The van der Waals surface area contributed by atoms with Crippen molar-refractivity contribution in [2.75, 3.05) is 0 Å². The molecule has 1 aromatic rings. The fraction of sp³-hybridized carbons (Fsp3) is 0.250. The molecule has 0 aliphatic rings. The maximum Gasteiger partial charge on any atom is 0.534 e. The number of rotatable bonds is 4. The largest absolute Gasteiger partial charge is 0.534 e. The zero-order valence-corrected chi connectivity index (χ0v) is 15.2. The summed E-state index contributed by atoms with van der Waals surface area (Å²) in [6.45, 7) is 0. The van der Waals surface area contributed by atoms with E-state index in [1.54, 1.807) is 0 Å². The Morgan fingerprint density at radius 1 is 0.708 bits per heavy atom. The second-order valence-electron chi connectivity index (χ2n) is 3.68. The zero-order valence-electron chi connectivity index (χ0n) is 10.4. The topological polar surface area (TPSA) is 86.7 Å². The SMILES string of the molecule is O=S(=O)(Oc1cc(OS(=O)(=O)C(F)(F)F)c(Br)cc1Br)C(F)(F)F. The van der Waals surface area contributed by atoms with E-state index in [0.29, 0.717) is 0 Å². The van der Waals surface area contributed by atoms with Crippen molar-refractivity contribution in [2.45, 2.75) is 11.0 Å². The summed E-state index contributed by atoms with van der Waals surface area (Å²) in [4.78, 5) is 0. The number of hydrogen-bond donors (Lipinski definition) is 0. The van der Waals surface area contributed by atoms with Gasteiger partial charge in [-0.1, -0.05) is 0 Å². The second kappa shape index (κ2) is 6.53. The molecule has 1 rings (SSSR count). The average Bonchev–Trinajstić information content (AvgIpc) is 2.31. The third kappa shape index (κ3) is 4.66. The summed E-state index contributed by atoms with van der Waals surface area (Å²) < 4.78 is 124. The summed E-state index contributed by atoms with van der Waals surface area (Å²) in [7, 11) is -12.3. The van der Waals surface area contributed by atoms with Crippen LogP contribution in [0.4, 0.5) is 26.3 Å². The lowest BCUT2D eigenvalue weighted by molar-refractivity contribution is -0.0502. The molecule has 0 radical (unpaired) electrons. The van der Waals surface area contributed by atoms with Crippen LogP contribution in [0, 0.1) is 0 Å². The molecule has 0 atom stereocenters. The Kier molecular flexibility index (Phi) is 5.79. The molecule has 0 spiro atoms. The van der Waals surface area contributed by atoms with E-state index in [9.17, 15) is 43.2 Å². The average molecular weight is 532 g/mol. The normalized spacial score (nSPS) is 13.7. The first kappa shape index (κ1) is 21.3. The number of alkyl halides is 6. The van der Waals surface area contributed by atoms with Crippen LogP contribution in [0.15, 0.2) is 21.1 Å². The third-order valence-electron chi connectivity index (χ3n) is 1.95. The quantitative estimate of drug-likeness (QED) is 0.335. The molecule has 0 N–H and O–H groups in total. The van der Waals surface area contributed by atoms with Gasteiger partial charge >= 0.3 is 31.3 Å². The molecule has 138 valence electrons. The smallest absolute Gasteiger partial charge is 0.375 e. The monoisotopic (exact) mass is 530 g/mol. The molecule has 16 heteroatoms. The molecule has 0 heterocycles. The Hall–Kier alpha value is -0.740. The highest BCUT2D eigenvalue weighted by atomic mass is 79.9. The van der Waals surface area contributed by atoms with Crippen LogP contribution in [0.5, 0.6) is 11.5 Å². The van der Waals surface area contributed by atoms with E-state index in [-0.39, 0.29) is 6.07 Å². The second-order valence-corrected chi connectivity index (χ2v) is 8.46. The van der Waals surface area contributed by atoms with Crippen molar-refractivity contribution < 1.29 is 51.5 Å². The minimum atomic E-state index is -6.15. The molecular formula is C8H2Br2F6O6S2. The van der Waals surface area contributed by atoms with E-state index < -0.39 is 51.7 Å². The van der Waals surface area contributed by atoms with Gasteiger partial charge in [-0.25, -0.2) is 0 Å². The van der Waals surface area contributed by atoms with Crippen LogP contribution < -0.4 is 8.37 Å². The fourth-order valence-electron chi connectivity index (χ4n) is 0.969. The summed E-state index contributed by atoms with van der Waals surface area (Å²) in [5.41, 5.74) is -11.6. The van der Waals surface area contributed by atoms with Crippen LogP contribution in [-0.4, -0.2) is 27.9 Å². The Morgan fingerprint density at radius 2 is 1.00 bits per heavy atom. The molecule has 0 aromatic heterocycles. The van der Waals surface area contributed by atoms with Gasteiger partial charge in [-0.05, 0) is 37.9 Å². The van der Waals surface area contributed by atoms with Gasteiger partial charge in [0.25, 0.3) is 0 Å². The minimum Gasteiger partial charge on any atom is -0.375 e. The van der Waals surface area contributed by atoms with Crippen LogP contribution in [-0.2, 0) is 20.2 Å². The summed E-state index contributed by atoms with van der Waals surface area (Å²) >= 11 is 5.21. The van der Waals surface area contributed by atoms with Crippen molar-refractivity contribution in [3.05, 3.63) is 21.1 Å². The molecule has 6 nitrogen and oxygen atoms in total. The predicted molar refractivity (Wildman–Crippen MR) is 73.0 cm³/mol. The van der Waals surface area contributed by atoms with Crippen molar-refractivity contribution in [3.63, 3.8) is 0 Å². The lowest BCUT2D eigenvalue weighted by Crippen LogP contribution is -2.29. The lowest BCUT2D eigenvalue weighted by atomic mass is 10.3. The van der Waals surface area contributed by atoms with Gasteiger partial charge in [0.15, 0.2) is 11.5 Å². The molecule has 24 heavy (non-hydrogen) atoms. The summed E-state index contributed by atoms with van der Waals surface area (Å²) in [6, 6.07) is 0.934. The van der Waals surface area contributed by atoms with Crippen LogP contribution in [0.3, 0.4) is 0 Å². The first-order chi connectivity index (χ1) is 10.5. The van der Waals surface area contributed by atoms with E-state index >= 15 is 0 Å². The van der Waals surface area contributed by atoms with E-state index in [0.717, 1.165) is 6.07 Å². The molecule has 1 aromatic carbocycles. The van der Waals surface area contributed by atoms with Gasteiger partial charge in [0.05, 0.1) is 8.95 Å². The predicted octanol–water partition coefficient (Wildman–Crippen LogP) is 3.67. The molecule has 0 saturated carbocycles. The first-order valence-corrected chi connectivity index (χ1v) is 9.39. The van der Waals surface area contributed by atoms with Crippen molar-refractivity contribution in [2.24, 2.45) is 0 Å². The zero-order chi connectivity index (χ0) is 19.1. The maximum atomic E-state index is 12.2. The highest BCUT2D eigenvalue weighted by Crippen LogP contribution is 2.40. The Labute approximate surface area is 147 Å². The highest BCUT2D eigenvalue weighted by Gasteiger charge is 2.50. The van der Waals surface area contributed by atoms with Crippen LogP contribution in [0.25, 0.3) is 0 Å². The van der Waals surface area contributed by atoms with E-state index in [1.165, 1.54) is 0 Å². The summed E-state index contributed by atoms with van der Waals surface area (Å²) in [5, 5.41) is 0. The number of halogens is 8. The minimum absolute atomic E-state index is 0.209. The molecule has 0 fully saturated rings. The molecular weight excluding hydrogens is 530 g/mol. The molecule has 0 saturated heterocycles. The van der Waals surface area contributed by atoms with Gasteiger partial charge in [-0.3, -0.25) is 0 Å². The van der Waals surface area contributed by atoms with E-state index in [2.05, 4.69) is 40.2 Å². The van der Waals surface area contributed by atoms with Crippen molar-refractivity contribution in [1.82, 2.24) is 0 Å². The van der Waals surface area contributed by atoms with Crippen LogP contribution >= 0.6 is 31.9 Å². The van der Waals surface area contributed by atoms with Crippen molar-refractivity contribution >= 4 is 52.1 Å². The van der Waals surface area contributed by atoms with E-state index in [1.807, 2.05) is 0 Å². The first-order valence-electron chi connectivity index (χ1n) is 4.98. The fourth-order valence-corrected chi connectivity index (χ4v) is 3.28. The summed E-state index contributed by atoms with van der Waals surface area (Å²) in [5.74, 6) is -2.30. The Morgan fingerprint density at radius 3 is 1.25 bits per heavy atom. The molecule has 0 amide bonds.